The third kappa shape index (κ3) is 3.62. The Morgan fingerprint density at radius 2 is 1.71 bits per heavy atom. The van der Waals surface area contributed by atoms with Gasteiger partial charge in [-0.15, -0.1) is 0 Å². The quantitative estimate of drug-likeness (QED) is 0.750. The fourth-order valence-electron chi connectivity index (χ4n) is 1.99. The summed E-state index contributed by atoms with van der Waals surface area (Å²) in [6.45, 7) is 0. The highest BCUT2D eigenvalue weighted by Gasteiger charge is 2.13. The number of hydrogen-bond acceptors (Lipinski definition) is 3. The second kappa shape index (κ2) is 7.24. The summed E-state index contributed by atoms with van der Waals surface area (Å²) in [5, 5.41) is 6.44. The first-order chi connectivity index (χ1) is 9.86. The predicted molar refractivity (Wildman–Crippen MR) is 82.6 cm³/mol. The number of aromatic nitrogens is 1. The zero-order chi connectivity index (χ0) is 13.8. The largest absolute Gasteiger partial charge is 1.00 e. The number of para-hydroxylation sites is 2. The van der Waals surface area contributed by atoms with Crippen molar-refractivity contribution in [1.82, 2.24) is 0 Å². The van der Waals surface area contributed by atoms with Crippen LogP contribution in [0.4, 0.5) is 10.8 Å². The van der Waals surface area contributed by atoms with E-state index in [2.05, 4.69) is 27.8 Å². The average molecular weight is 363 g/mol. The molecule has 0 saturated heterocycles. The summed E-state index contributed by atoms with van der Waals surface area (Å²) in [7, 11) is 1.67. The third-order valence-corrected chi connectivity index (χ3v) is 3.78. The van der Waals surface area contributed by atoms with Crippen LogP contribution in [0.15, 0.2) is 60.0 Å². The molecule has 2 aromatic carbocycles. The van der Waals surface area contributed by atoms with Crippen LogP contribution in [0.25, 0.3) is 11.3 Å². The second-order valence-corrected chi connectivity index (χ2v) is 5.17. The number of benzene rings is 2. The SMILES string of the molecule is COc1ccccc1Nc1[nH+]c(-c2ccccc2)cs1.[Br-]. The highest BCUT2D eigenvalue weighted by molar-refractivity contribution is 7.13. The van der Waals surface area contributed by atoms with Gasteiger partial charge < -0.3 is 21.7 Å². The minimum Gasteiger partial charge on any atom is -1.00 e. The minimum atomic E-state index is 0. The Balaban J connectivity index is 0.00000161. The number of ether oxygens (including phenoxy) is 1. The molecule has 21 heavy (non-hydrogen) atoms. The minimum absolute atomic E-state index is 0. The Kier molecular flexibility index (Phi) is 5.36. The van der Waals surface area contributed by atoms with Crippen LogP contribution in [0.3, 0.4) is 0 Å². The van der Waals surface area contributed by atoms with Crippen molar-refractivity contribution in [1.29, 1.82) is 0 Å². The van der Waals surface area contributed by atoms with Crippen molar-refractivity contribution in [3.8, 4) is 17.0 Å². The molecule has 0 fully saturated rings. The topological polar surface area (TPSA) is 35.4 Å². The number of rotatable bonds is 4. The molecule has 0 aliphatic carbocycles. The van der Waals surface area contributed by atoms with Crippen molar-refractivity contribution >= 4 is 22.2 Å². The first-order valence-corrected chi connectivity index (χ1v) is 7.21. The summed E-state index contributed by atoms with van der Waals surface area (Å²) in [5.74, 6) is 0.829. The van der Waals surface area contributed by atoms with Crippen molar-refractivity contribution in [2.45, 2.75) is 0 Å². The van der Waals surface area contributed by atoms with E-state index in [0.717, 1.165) is 22.3 Å². The number of thiazole rings is 1. The lowest BCUT2D eigenvalue weighted by molar-refractivity contribution is -0.340. The maximum Gasteiger partial charge on any atom is 0.337 e. The van der Waals surface area contributed by atoms with Crippen molar-refractivity contribution in [2.75, 3.05) is 12.4 Å². The first-order valence-electron chi connectivity index (χ1n) is 6.33. The fourth-order valence-corrected chi connectivity index (χ4v) is 2.76. The van der Waals surface area contributed by atoms with E-state index in [1.807, 2.05) is 42.5 Å². The van der Waals surface area contributed by atoms with Crippen molar-refractivity contribution in [2.24, 2.45) is 0 Å². The average Bonchev–Trinajstić information content (AvgIpc) is 2.97. The van der Waals surface area contributed by atoms with Gasteiger partial charge in [-0.25, -0.2) is 10.3 Å². The molecule has 5 heteroatoms. The highest BCUT2D eigenvalue weighted by atomic mass is 79.9. The maximum absolute atomic E-state index is 5.34. The van der Waals surface area contributed by atoms with Crippen LogP contribution in [0, 0.1) is 0 Å². The normalized spacial score (nSPS) is 9.76. The number of hydrogen-bond donors (Lipinski definition) is 1. The van der Waals surface area contributed by atoms with E-state index in [9.17, 15) is 0 Å². The number of methoxy groups -OCH3 is 1. The van der Waals surface area contributed by atoms with Gasteiger partial charge in [0.1, 0.15) is 5.69 Å². The van der Waals surface area contributed by atoms with Gasteiger partial charge in [0.15, 0.2) is 11.4 Å². The van der Waals surface area contributed by atoms with Gasteiger partial charge in [0.05, 0.1) is 7.11 Å². The zero-order valence-electron chi connectivity index (χ0n) is 11.5. The van der Waals surface area contributed by atoms with Gasteiger partial charge in [-0.3, -0.25) is 0 Å². The lowest BCUT2D eigenvalue weighted by Gasteiger charge is -2.03. The molecule has 0 bridgehead atoms. The van der Waals surface area contributed by atoms with E-state index in [1.54, 1.807) is 18.4 Å². The van der Waals surface area contributed by atoms with Crippen LogP contribution in [0.2, 0.25) is 0 Å². The van der Waals surface area contributed by atoms with E-state index < -0.39 is 0 Å². The molecule has 3 rings (SSSR count). The summed E-state index contributed by atoms with van der Waals surface area (Å²) in [6.07, 6.45) is 0. The molecular weight excluding hydrogens is 348 g/mol. The lowest BCUT2D eigenvalue weighted by atomic mass is 10.2. The molecule has 1 aromatic heterocycles. The molecule has 0 amide bonds. The van der Waals surface area contributed by atoms with Crippen molar-refractivity contribution < 1.29 is 26.7 Å². The third-order valence-electron chi connectivity index (χ3n) is 2.98. The van der Waals surface area contributed by atoms with E-state index in [1.165, 1.54) is 5.56 Å². The zero-order valence-corrected chi connectivity index (χ0v) is 13.9. The Bertz CT molecular complexity index is 700. The van der Waals surface area contributed by atoms with Gasteiger partial charge in [0, 0.05) is 10.9 Å². The Morgan fingerprint density at radius 1 is 1.00 bits per heavy atom. The standard InChI is InChI=1S/C16H14N2OS.BrH/c1-19-15-10-6-5-9-13(15)17-16-18-14(11-20-16)12-7-3-2-4-8-12;/h2-11H,1H3,(H,17,18);1H. The van der Waals surface area contributed by atoms with E-state index >= 15 is 0 Å². The molecule has 1 heterocycles. The molecule has 0 aliphatic rings. The van der Waals surface area contributed by atoms with Crippen molar-refractivity contribution in [3.05, 3.63) is 60.0 Å². The molecule has 0 atom stereocenters. The Labute approximate surface area is 138 Å². The van der Waals surface area contributed by atoms with Gasteiger partial charge >= 0.3 is 5.13 Å². The monoisotopic (exact) mass is 362 g/mol. The molecule has 108 valence electrons. The number of nitrogens with one attached hydrogen (secondary N) is 2. The van der Waals surface area contributed by atoms with Gasteiger partial charge in [0.25, 0.3) is 0 Å². The first kappa shape index (κ1) is 15.5. The lowest BCUT2D eigenvalue weighted by Crippen LogP contribution is -3.00. The number of aromatic amines is 1. The smallest absolute Gasteiger partial charge is 0.337 e. The molecule has 3 aromatic rings. The summed E-state index contributed by atoms with van der Waals surface area (Å²) in [5.41, 5.74) is 3.23. The molecular formula is C16H15BrN2OS. The number of halogens is 1. The predicted octanol–water partition coefficient (Wildman–Crippen LogP) is 0.985. The molecule has 3 nitrogen and oxygen atoms in total. The van der Waals surface area contributed by atoms with Gasteiger partial charge in [-0.05, 0) is 12.1 Å². The van der Waals surface area contributed by atoms with Crippen LogP contribution in [-0.4, -0.2) is 7.11 Å². The summed E-state index contributed by atoms with van der Waals surface area (Å²) in [6, 6.07) is 18.1. The van der Waals surface area contributed by atoms with E-state index in [0.29, 0.717) is 0 Å². The molecule has 0 aliphatic heterocycles. The molecule has 0 saturated carbocycles. The van der Waals surface area contributed by atoms with Gasteiger partial charge in [0.2, 0.25) is 0 Å². The van der Waals surface area contributed by atoms with Gasteiger partial charge in [-0.2, -0.15) is 0 Å². The highest BCUT2D eigenvalue weighted by Crippen LogP contribution is 2.28. The summed E-state index contributed by atoms with van der Waals surface area (Å²) >= 11 is 1.64. The Hall–Kier alpha value is -1.85. The Morgan fingerprint density at radius 3 is 2.48 bits per heavy atom. The molecule has 0 unspecified atom stereocenters. The molecule has 0 spiro atoms. The van der Waals surface area contributed by atoms with Crippen molar-refractivity contribution in [3.63, 3.8) is 0 Å². The van der Waals surface area contributed by atoms with E-state index in [4.69, 9.17) is 4.74 Å². The molecule has 0 radical (unpaired) electrons. The molecule has 2 N–H and O–H groups in total. The van der Waals surface area contributed by atoms with Crippen LogP contribution < -0.4 is 32.0 Å². The maximum atomic E-state index is 5.34. The summed E-state index contributed by atoms with van der Waals surface area (Å²) < 4.78 is 5.34. The van der Waals surface area contributed by atoms with Gasteiger partial charge in [-0.1, -0.05) is 53.8 Å². The van der Waals surface area contributed by atoms with Crippen LogP contribution in [-0.2, 0) is 0 Å². The van der Waals surface area contributed by atoms with Crippen LogP contribution >= 0.6 is 11.3 Å². The van der Waals surface area contributed by atoms with E-state index in [-0.39, 0.29) is 17.0 Å². The van der Waals surface area contributed by atoms with Crippen LogP contribution in [0.5, 0.6) is 5.75 Å². The summed E-state index contributed by atoms with van der Waals surface area (Å²) in [4.78, 5) is 3.38. The number of H-pyrrole nitrogens is 1. The number of anilines is 2. The second-order valence-electron chi connectivity index (χ2n) is 4.29. The fraction of sp³-hybridized carbons (Fsp3) is 0.0625. The van der Waals surface area contributed by atoms with Crippen LogP contribution in [0.1, 0.15) is 0 Å².